The summed E-state index contributed by atoms with van der Waals surface area (Å²) in [6.45, 7) is 9.09. The third-order valence-electron chi connectivity index (χ3n) is 4.45. The highest BCUT2D eigenvalue weighted by molar-refractivity contribution is 5.84. The molecule has 1 rings (SSSR count). The van der Waals surface area contributed by atoms with E-state index in [9.17, 15) is 9.59 Å². The van der Waals surface area contributed by atoms with E-state index in [4.69, 9.17) is 0 Å². The van der Waals surface area contributed by atoms with Crippen LogP contribution in [0.3, 0.4) is 0 Å². The molecule has 1 aliphatic rings. The molecule has 2 amide bonds. The summed E-state index contributed by atoms with van der Waals surface area (Å²) in [5, 5.41) is 12.2. The summed E-state index contributed by atoms with van der Waals surface area (Å²) in [6.07, 6.45) is 1.91. The Labute approximate surface area is 151 Å². The van der Waals surface area contributed by atoms with Gasteiger partial charge in [-0.1, -0.05) is 0 Å². The monoisotopic (exact) mass is 354 g/mol. The van der Waals surface area contributed by atoms with Crippen molar-refractivity contribution in [1.29, 1.82) is 0 Å². The first-order valence-electron chi connectivity index (χ1n) is 9.00. The van der Waals surface area contributed by atoms with E-state index < -0.39 is 5.41 Å². The summed E-state index contributed by atoms with van der Waals surface area (Å²) in [5.41, 5.74) is -0.509. The second-order valence-electron chi connectivity index (χ2n) is 7.04. The normalized spacial score (nSPS) is 17.1. The van der Waals surface area contributed by atoms with Crippen molar-refractivity contribution in [3.63, 3.8) is 0 Å². The predicted molar refractivity (Wildman–Crippen MR) is 100 cm³/mol. The van der Waals surface area contributed by atoms with Crippen molar-refractivity contribution >= 4 is 17.8 Å². The van der Waals surface area contributed by atoms with Crippen LogP contribution in [-0.4, -0.2) is 75.5 Å². The first-order valence-corrected chi connectivity index (χ1v) is 9.00. The van der Waals surface area contributed by atoms with Crippen molar-refractivity contribution in [2.75, 3.05) is 46.8 Å². The maximum atomic E-state index is 12.1. The molecule has 4 N–H and O–H groups in total. The molecule has 1 saturated heterocycles. The number of carbonyl (C=O) groups is 2. The van der Waals surface area contributed by atoms with E-state index in [0.29, 0.717) is 31.6 Å². The summed E-state index contributed by atoms with van der Waals surface area (Å²) < 4.78 is 0. The molecule has 0 spiro atoms. The zero-order valence-corrected chi connectivity index (χ0v) is 16.2. The summed E-state index contributed by atoms with van der Waals surface area (Å²) in [4.78, 5) is 29.9. The van der Waals surface area contributed by atoms with Gasteiger partial charge in [0.2, 0.25) is 11.8 Å². The van der Waals surface area contributed by atoms with E-state index >= 15 is 0 Å². The van der Waals surface area contributed by atoms with Gasteiger partial charge in [-0.05, 0) is 33.6 Å². The van der Waals surface area contributed by atoms with Crippen molar-refractivity contribution < 1.29 is 9.59 Å². The molecule has 0 radical (unpaired) electrons. The molecule has 144 valence electrons. The van der Waals surface area contributed by atoms with Gasteiger partial charge in [-0.3, -0.25) is 19.5 Å². The molecule has 1 heterocycles. The largest absolute Gasteiger partial charge is 0.358 e. The maximum Gasteiger partial charge on any atom is 0.233 e. The molecule has 0 aliphatic carbocycles. The number of guanidine groups is 1. The van der Waals surface area contributed by atoms with Crippen molar-refractivity contribution in [2.24, 2.45) is 10.4 Å². The molecule has 0 aromatic carbocycles. The fourth-order valence-corrected chi connectivity index (χ4v) is 2.69. The molecule has 0 aromatic rings. The number of nitrogens with zero attached hydrogens (tertiary/aromatic N) is 2. The lowest BCUT2D eigenvalue weighted by atomic mass is 9.92. The Morgan fingerprint density at radius 1 is 1.20 bits per heavy atom. The summed E-state index contributed by atoms with van der Waals surface area (Å²) in [6, 6.07) is 0.319. The van der Waals surface area contributed by atoms with Crippen molar-refractivity contribution in [1.82, 2.24) is 26.2 Å². The minimum atomic E-state index is -0.509. The Balaban J connectivity index is 2.40. The van der Waals surface area contributed by atoms with Crippen molar-refractivity contribution in [3.05, 3.63) is 0 Å². The lowest BCUT2D eigenvalue weighted by molar-refractivity contribution is -0.129. The first kappa shape index (κ1) is 21.2. The number of likely N-dealkylation sites (tertiary alicyclic amines) is 1. The quantitative estimate of drug-likeness (QED) is 0.366. The average molecular weight is 354 g/mol. The zero-order chi connectivity index (χ0) is 18.9. The minimum Gasteiger partial charge on any atom is -0.358 e. The Bertz CT molecular complexity index is 470. The van der Waals surface area contributed by atoms with Crippen LogP contribution < -0.4 is 21.3 Å². The van der Waals surface area contributed by atoms with Gasteiger partial charge in [0.1, 0.15) is 0 Å². The molecular formula is C17H34N6O2. The number of hydrogen-bond donors (Lipinski definition) is 4. The number of carbonyl (C=O) groups excluding carboxylic acids is 2. The number of nitrogens with one attached hydrogen (secondary N) is 4. The Hall–Kier alpha value is -1.83. The van der Waals surface area contributed by atoms with Crippen LogP contribution in [0, 0.1) is 5.41 Å². The highest BCUT2D eigenvalue weighted by atomic mass is 16.2. The number of piperidine rings is 1. The molecule has 0 unspecified atom stereocenters. The van der Waals surface area contributed by atoms with E-state index in [1.54, 1.807) is 14.1 Å². The van der Waals surface area contributed by atoms with E-state index in [1.807, 2.05) is 20.8 Å². The molecule has 0 atom stereocenters. The van der Waals surface area contributed by atoms with Gasteiger partial charge >= 0.3 is 0 Å². The van der Waals surface area contributed by atoms with Crippen LogP contribution >= 0.6 is 0 Å². The molecule has 1 fully saturated rings. The standard InChI is InChI=1S/C17H34N6O2/c1-6-20-15(25)17(2,3)12-21-16(19-5)22-13-7-9-23(10-8-13)11-14(24)18-4/h13H,6-12H2,1-5H3,(H,18,24)(H,20,25)(H2,19,21,22). The second kappa shape index (κ2) is 10.2. The van der Waals surface area contributed by atoms with Crippen LogP contribution in [0.25, 0.3) is 0 Å². The van der Waals surface area contributed by atoms with Crippen LogP contribution in [-0.2, 0) is 9.59 Å². The fourth-order valence-electron chi connectivity index (χ4n) is 2.69. The molecule has 25 heavy (non-hydrogen) atoms. The van der Waals surface area contributed by atoms with Crippen LogP contribution in [0.2, 0.25) is 0 Å². The lowest BCUT2D eigenvalue weighted by Crippen LogP contribution is -2.52. The number of hydrogen-bond acceptors (Lipinski definition) is 4. The first-order chi connectivity index (χ1) is 11.8. The van der Waals surface area contributed by atoms with Gasteiger partial charge in [0.25, 0.3) is 0 Å². The van der Waals surface area contributed by atoms with E-state index in [2.05, 4.69) is 31.2 Å². The topological polar surface area (TPSA) is 97.9 Å². The summed E-state index contributed by atoms with van der Waals surface area (Å²) >= 11 is 0. The third-order valence-corrected chi connectivity index (χ3v) is 4.45. The molecule has 0 saturated carbocycles. The number of amides is 2. The van der Waals surface area contributed by atoms with Gasteiger partial charge in [0.15, 0.2) is 5.96 Å². The second-order valence-corrected chi connectivity index (χ2v) is 7.04. The van der Waals surface area contributed by atoms with E-state index in [-0.39, 0.29) is 11.8 Å². The summed E-state index contributed by atoms with van der Waals surface area (Å²) in [5.74, 6) is 0.791. The van der Waals surface area contributed by atoms with Crippen molar-refractivity contribution in [2.45, 2.75) is 39.7 Å². The van der Waals surface area contributed by atoms with Crippen LogP contribution in [0.1, 0.15) is 33.6 Å². The van der Waals surface area contributed by atoms with Gasteiger partial charge in [-0.15, -0.1) is 0 Å². The molecule has 1 aliphatic heterocycles. The smallest absolute Gasteiger partial charge is 0.233 e. The van der Waals surface area contributed by atoms with Gasteiger partial charge in [0.05, 0.1) is 12.0 Å². The Kier molecular flexibility index (Phi) is 8.68. The van der Waals surface area contributed by atoms with Gasteiger partial charge in [-0.25, -0.2) is 0 Å². The van der Waals surface area contributed by atoms with Crippen LogP contribution in [0.5, 0.6) is 0 Å². The number of aliphatic imine (C=N–C) groups is 1. The molecule has 0 bridgehead atoms. The maximum absolute atomic E-state index is 12.1. The highest BCUT2D eigenvalue weighted by Crippen LogP contribution is 2.14. The van der Waals surface area contributed by atoms with Gasteiger partial charge in [-0.2, -0.15) is 0 Å². The van der Waals surface area contributed by atoms with Gasteiger partial charge < -0.3 is 21.3 Å². The fraction of sp³-hybridized carbons (Fsp3) is 0.824. The predicted octanol–water partition coefficient (Wildman–Crippen LogP) is -0.476. The molecule has 0 aromatic heterocycles. The Morgan fingerprint density at radius 3 is 2.36 bits per heavy atom. The highest BCUT2D eigenvalue weighted by Gasteiger charge is 2.28. The molecule has 8 heteroatoms. The number of rotatable bonds is 7. The van der Waals surface area contributed by atoms with Crippen LogP contribution in [0.15, 0.2) is 4.99 Å². The van der Waals surface area contributed by atoms with E-state index in [0.717, 1.165) is 25.9 Å². The van der Waals surface area contributed by atoms with E-state index in [1.165, 1.54) is 0 Å². The molecular weight excluding hydrogens is 320 g/mol. The zero-order valence-electron chi connectivity index (χ0n) is 16.2. The van der Waals surface area contributed by atoms with Crippen LogP contribution in [0.4, 0.5) is 0 Å². The van der Waals surface area contributed by atoms with Gasteiger partial charge in [0, 0.05) is 46.3 Å². The summed E-state index contributed by atoms with van der Waals surface area (Å²) in [7, 11) is 3.39. The number of likely N-dealkylation sites (N-methyl/N-ethyl adjacent to an activating group) is 1. The average Bonchev–Trinajstić information content (AvgIpc) is 2.60. The minimum absolute atomic E-state index is 0.0282. The van der Waals surface area contributed by atoms with Crippen molar-refractivity contribution in [3.8, 4) is 0 Å². The SMILES string of the molecule is CCNC(=O)C(C)(C)CNC(=NC)NC1CCN(CC(=O)NC)CC1. The molecule has 8 nitrogen and oxygen atoms in total. The lowest BCUT2D eigenvalue weighted by Gasteiger charge is -2.33. The third kappa shape index (κ3) is 7.29. The Morgan fingerprint density at radius 2 is 1.84 bits per heavy atom.